The molecule has 6 nitrogen and oxygen atoms in total. The fraction of sp³-hybridized carbons (Fsp3) is 0.350. The van der Waals surface area contributed by atoms with Gasteiger partial charge in [-0.05, 0) is 32.9 Å². The molecule has 0 saturated heterocycles. The zero-order chi connectivity index (χ0) is 18.5. The number of aromatic nitrogens is 2. The normalized spacial score (nSPS) is 11.0. The molecule has 136 valence electrons. The summed E-state index contributed by atoms with van der Waals surface area (Å²) in [5.74, 6) is -0.143. The van der Waals surface area contributed by atoms with Crippen molar-refractivity contribution in [3.05, 3.63) is 47.2 Å². The molecule has 6 heteroatoms. The van der Waals surface area contributed by atoms with Gasteiger partial charge < -0.3 is 15.2 Å². The zero-order valence-electron chi connectivity index (χ0n) is 15.4. The van der Waals surface area contributed by atoms with Crippen LogP contribution in [-0.2, 0) is 0 Å². The lowest BCUT2D eigenvalue weighted by Gasteiger charge is -2.09. The second-order valence-corrected chi connectivity index (χ2v) is 6.38. The van der Waals surface area contributed by atoms with Crippen molar-refractivity contribution in [2.45, 2.75) is 27.2 Å². The van der Waals surface area contributed by atoms with E-state index in [1.54, 1.807) is 0 Å². The van der Waals surface area contributed by atoms with Crippen molar-refractivity contribution < 1.29 is 9.32 Å². The number of rotatable bonds is 7. The topological polar surface area (TPSA) is 80.0 Å². The lowest BCUT2D eigenvalue weighted by molar-refractivity contribution is 0.0955. The summed E-state index contributed by atoms with van der Waals surface area (Å²) >= 11 is 0. The molecule has 0 radical (unpaired) electrons. The summed E-state index contributed by atoms with van der Waals surface area (Å²) in [7, 11) is 0. The smallest absolute Gasteiger partial charge is 0.259 e. The first-order chi connectivity index (χ1) is 12.6. The van der Waals surface area contributed by atoms with Crippen LogP contribution in [0.25, 0.3) is 22.4 Å². The minimum absolute atomic E-state index is 0.143. The molecule has 0 aliphatic carbocycles. The number of nitrogens with zero attached hydrogens (tertiary/aromatic N) is 2. The van der Waals surface area contributed by atoms with Gasteiger partial charge in [0.2, 0.25) is 0 Å². The first-order valence-corrected chi connectivity index (χ1v) is 8.93. The van der Waals surface area contributed by atoms with E-state index in [4.69, 9.17) is 4.52 Å². The predicted octanol–water partition coefficient (Wildman–Crippen LogP) is 3.24. The van der Waals surface area contributed by atoms with Crippen molar-refractivity contribution in [3.8, 4) is 11.3 Å². The minimum Gasteiger partial charge on any atom is -0.351 e. The summed E-state index contributed by atoms with van der Waals surface area (Å²) in [5, 5.41) is 10.9. The quantitative estimate of drug-likeness (QED) is 0.638. The lowest BCUT2D eigenvalue weighted by Crippen LogP contribution is -2.32. The molecule has 2 aromatic heterocycles. The molecule has 0 atom stereocenters. The van der Waals surface area contributed by atoms with Crippen molar-refractivity contribution in [3.63, 3.8) is 0 Å². The first-order valence-electron chi connectivity index (χ1n) is 8.93. The number of fused-ring (bicyclic) bond motifs is 1. The highest BCUT2D eigenvalue weighted by molar-refractivity contribution is 6.07. The maximum Gasteiger partial charge on any atom is 0.259 e. The Morgan fingerprint density at radius 1 is 1.12 bits per heavy atom. The van der Waals surface area contributed by atoms with Crippen molar-refractivity contribution in [2.75, 3.05) is 19.6 Å². The summed E-state index contributed by atoms with van der Waals surface area (Å²) < 4.78 is 5.33. The van der Waals surface area contributed by atoms with Crippen molar-refractivity contribution in [1.29, 1.82) is 0 Å². The molecule has 3 rings (SSSR count). The second kappa shape index (κ2) is 8.10. The third-order valence-corrected chi connectivity index (χ3v) is 4.22. The van der Waals surface area contributed by atoms with Gasteiger partial charge in [0.25, 0.3) is 11.6 Å². The highest BCUT2D eigenvalue weighted by Crippen LogP contribution is 2.27. The van der Waals surface area contributed by atoms with Crippen molar-refractivity contribution in [2.24, 2.45) is 0 Å². The van der Waals surface area contributed by atoms with Gasteiger partial charge in [-0.3, -0.25) is 4.79 Å². The van der Waals surface area contributed by atoms with Gasteiger partial charge in [-0.2, -0.15) is 0 Å². The zero-order valence-corrected chi connectivity index (χ0v) is 15.4. The van der Waals surface area contributed by atoms with Crippen LogP contribution in [-0.4, -0.2) is 35.7 Å². The third-order valence-electron chi connectivity index (χ3n) is 4.22. The van der Waals surface area contributed by atoms with E-state index in [2.05, 4.69) is 27.7 Å². The fourth-order valence-electron chi connectivity index (χ4n) is 2.81. The predicted molar refractivity (Wildman–Crippen MR) is 102 cm³/mol. The Kier molecular flexibility index (Phi) is 5.63. The van der Waals surface area contributed by atoms with Gasteiger partial charge in [0, 0.05) is 18.7 Å². The molecule has 0 fully saturated rings. The van der Waals surface area contributed by atoms with Crippen LogP contribution in [0.4, 0.5) is 0 Å². The van der Waals surface area contributed by atoms with E-state index in [0.717, 1.165) is 25.1 Å². The van der Waals surface area contributed by atoms with Gasteiger partial charge in [0.15, 0.2) is 0 Å². The van der Waals surface area contributed by atoms with Crippen LogP contribution >= 0.6 is 0 Å². The van der Waals surface area contributed by atoms with Crippen molar-refractivity contribution in [1.82, 2.24) is 20.8 Å². The van der Waals surface area contributed by atoms with Crippen LogP contribution in [0.3, 0.4) is 0 Å². The molecule has 0 saturated carbocycles. The van der Waals surface area contributed by atoms with Crippen LogP contribution in [0.1, 0.15) is 35.0 Å². The first kappa shape index (κ1) is 18.1. The van der Waals surface area contributed by atoms with E-state index in [-0.39, 0.29) is 5.91 Å². The Balaban J connectivity index is 1.91. The number of hydrogen-bond acceptors (Lipinski definition) is 5. The molecule has 0 bridgehead atoms. The van der Waals surface area contributed by atoms with Crippen LogP contribution in [0.2, 0.25) is 0 Å². The Labute approximate surface area is 153 Å². The standard InChI is InChI=1S/C20H24N4O2/c1-4-9-21-10-11-22-19(25)16-12-17(15-7-5-13(2)6-8-15)23-20-18(16)14(3)24-26-20/h5-8,12,21H,4,9-11H2,1-3H3,(H,22,25). The molecular formula is C20H24N4O2. The monoisotopic (exact) mass is 352 g/mol. The van der Waals surface area contributed by atoms with Gasteiger partial charge in [-0.15, -0.1) is 0 Å². The van der Waals surface area contributed by atoms with E-state index in [1.165, 1.54) is 5.56 Å². The van der Waals surface area contributed by atoms with E-state index in [1.807, 2.05) is 44.2 Å². The number of hydrogen-bond donors (Lipinski definition) is 2. The second-order valence-electron chi connectivity index (χ2n) is 6.38. The molecule has 1 amide bonds. The lowest BCUT2D eigenvalue weighted by atomic mass is 10.0. The Bertz CT molecular complexity index is 900. The number of benzene rings is 1. The van der Waals surface area contributed by atoms with Gasteiger partial charge in [-0.25, -0.2) is 4.98 Å². The van der Waals surface area contributed by atoms with Gasteiger partial charge >= 0.3 is 0 Å². The molecule has 0 aliphatic heterocycles. The number of carbonyl (C=O) groups is 1. The number of aryl methyl sites for hydroxylation is 2. The molecule has 26 heavy (non-hydrogen) atoms. The van der Waals surface area contributed by atoms with Crippen LogP contribution in [0.5, 0.6) is 0 Å². The van der Waals surface area contributed by atoms with Gasteiger partial charge in [0.1, 0.15) is 0 Å². The van der Waals surface area contributed by atoms with Gasteiger partial charge in [-0.1, -0.05) is 41.9 Å². The third kappa shape index (κ3) is 3.91. The number of pyridine rings is 1. The molecule has 0 spiro atoms. The highest BCUT2D eigenvalue weighted by atomic mass is 16.5. The Hall–Kier alpha value is -2.73. The van der Waals surface area contributed by atoms with Crippen molar-refractivity contribution >= 4 is 17.0 Å². The Morgan fingerprint density at radius 2 is 1.88 bits per heavy atom. The highest BCUT2D eigenvalue weighted by Gasteiger charge is 2.19. The average Bonchev–Trinajstić information content (AvgIpc) is 3.02. The summed E-state index contributed by atoms with van der Waals surface area (Å²) in [6.07, 6.45) is 1.07. The maximum absolute atomic E-state index is 12.7. The molecule has 1 aromatic carbocycles. The van der Waals surface area contributed by atoms with Gasteiger partial charge in [0.05, 0.1) is 22.3 Å². The van der Waals surface area contributed by atoms with E-state index in [0.29, 0.717) is 34.6 Å². The molecule has 0 aliphatic rings. The minimum atomic E-state index is -0.143. The van der Waals surface area contributed by atoms with Crippen LogP contribution in [0.15, 0.2) is 34.9 Å². The number of amides is 1. The van der Waals surface area contributed by atoms with E-state index >= 15 is 0 Å². The number of carbonyl (C=O) groups excluding carboxylic acids is 1. The number of nitrogens with one attached hydrogen (secondary N) is 2. The molecular weight excluding hydrogens is 328 g/mol. The van der Waals surface area contributed by atoms with E-state index < -0.39 is 0 Å². The molecule has 3 aromatic rings. The molecule has 2 N–H and O–H groups in total. The Morgan fingerprint density at radius 3 is 2.62 bits per heavy atom. The summed E-state index contributed by atoms with van der Waals surface area (Å²) in [4.78, 5) is 17.3. The summed E-state index contributed by atoms with van der Waals surface area (Å²) in [6, 6.07) is 9.83. The summed E-state index contributed by atoms with van der Waals surface area (Å²) in [5.41, 5.74) is 4.39. The maximum atomic E-state index is 12.7. The summed E-state index contributed by atoms with van der Waals surface area (Å²) in [6.45, 7) is 8.21. The average molecular weight is 352 g/mol. The molecule has 2 heterocycles. The largest absolute Gasteiger partial charge is 0.351 e. The van der Waals surface area contributed by atoms with E-state index in [9.17, 15) is 4.79 Å². The van der Waals surface area contributed by atoms with Crippen LogP contribution in [0, 0.1) is 13.8 Å². The van der Waals surface area contributed by atoms with Crippen LogP contribution < -0.4 is 10.6 Å². The molecule has 0 unspecified atom stereocenters. The fourth-order valence-corrected chi connectivity index (χ4v) is 2.81. The SMILES string of the molecule is CCCNCCNC(=O)c1cc(-c2ccc(C)cc2)nc2onc(C)c12.